The Morgan fingerprint density at radius 3 is 3.00 bits per heavy atom. The molecule has 3 aromatic heterocycles. The third-order valence-corrected chi connectivity index (χ3v) is 5.74. The highest BCUT2D eigenvalue weighted by Crippen LogP contribution is 2.29. The maximum Gasteiger partial charge on any atom is 0.260 e. The lowest BCUT2D eigenvalue weighted by Crippen LogP contribution is -2.61. The Hall–Kier alpha value is -4.94. The van der Waals surface area contributed by atoms with Crippen molar-refractivity contribution in [1.82, 2.24) is 25.1 Å². The summed E-state index contributed by atoms with van der Waals surface area (Å²) < 4.78 is 26.2. The number of aromatic nitrogens is 5. The number of benzene rings is 1. The topological polar surface area (TPSA) is 198 Å². The van der Waals surface area contributed by atoms with E-state index in [1.807, 2.05) is 6.07 Å². The van der Waals surface area contributed by atoms with Gasteiger partial charge in [0, 0.05) is 30.1 Å². The van der Waals surface area contributed by atoms with Crippen molar-refractivity contribution in [3.63, 3.8) is 0 Å². The van der Waals surface area contributed by atoms with E-state index in [0.29, 0.717) is 5.69 Å². The summed E-state index contributed by atoms with van der Waals surface area (Å²) in [5.74, 6) is -2.44. The number of aliphatic hydroxyl groups is 1. The first-order valence-corrected chi connectivity index (χ1v) is 10.8. The van der Waals surface area contributed by atoms with Gasteiger partial charge in [0.2, 0.25) is 0 Å². The molecule has 0 saturated carbocycles. The number of amides is 2. The highest BCUT2D eigenvalue weighted by molar-refractivity contribution is 6.06. The Kier molecular flexibility index (Phi) is 5.74. The third-order valence-electron chi connectivity index (χ3n) is 5.74. The summed E-state index contributed by atoms with van der Waals surface area (Å²) >= 11 is 0. The van der Waals surface area contributed by atoms with Crippen molar-refractivity contribution in [2.75, 3.05) is 29.1 Å². The number of ether oxygens (including phenoxy) is 1. The largest absolute Gasteiger partial charge is 0.380 e. The number of hydrogen-bond acceptors (Lipinski definition) is 11. The number of nitrogens with two attached hydrogens (primary N) is 1. The first-order valence-electron chi connectivity index (χ1n) is 10.8. The van der Waals surface area contributed by atoms with Crippen molar-refractivity contribution in [1.29, 1.82) is 5.26 Å². The van der Waals surface area contributed by atoms with E-state index in [-0.39, 0.29) is 47.1 Å². The SMILES string of the molecule is CC(O)(C(=O)Nc1cc(F)c2c(N)noc2c1)[C@H]1OCCN(c2ccn(-c3cnnc(C#N)c3)n2)C1=O. The van der Waals surface area contributed by atoms with Gasteiger partial charge in [-0.05, 0) is 13.0 Å². The molecular formula is C22H18FN9O5. The lowest BCUT2D eigenvalue weighted by Gasteiger charge is -2.37. The Morgan fingerprint density at radius 1 is 1.41 bits per heavy atom. The van der Waals surface area contributed by atoms with E-state index in [4.69, 9.17) is 20.3 Å². The van der Waals surface area contributed by atoms with E-state index in [1.54, 1.807) is 12.3 Å². The molecule has 0 aliphatic carbocycles. The number of halogens is 1. The summed E-state index contributed by atoms with van der Waals surface area (Å²) in [5.41, 5.74) is 3.69. The van der Waals surface area contributed by atoms with E-state index in [0.717, 1.165) is 13.0 Å². The molecule has 4 aromatic rings. The molecule has 1 aliphatic heterocycles. The number of nitrogen functional groups attached to an aromatic ring is 1. The maximum absolute atomic E-state index is 14.4. The molecule has 1 fully saturated rings. The number of anilines is 3. The van der Waals surface area contributed by atoms with E-state index < -0.39 is 29.3 Å². The first-order chi connectivity index (χ1) is 17.7. The number of nitrogens with one attached hydrogen (secondary N) is 1. The summed E-state index contributed by atoms with van der Waals surface area (Å²) in [6.45, 7) is 1.22. The molecule has 0 radical (unpaired) electrons. The minimum atomic E-state index is -2.35. The summed E-state index contributed by atoms with van der Waals surface area (Å²) in [5, 5.41) is 37.6. The number of hydrogen-bond donors (Lipinski definition) is 3. The molecule has 0 spiro atoms. The molecular weight excluding hydrogens is 489 g/mol. The van der Waals surface area contributed by atoms with Crippen LogP contribution in [-0.2, 0) is 14.3 Å². The summed E-state index contributed by atoms with van der Waals surface area (Å²) in [6.07, 6.45) is 1.36. The zero-order chi connectivity index (χ0) is 26.3. The van der Waals surface area contributed by atoms with Crippen molar-refractivity contribution in [2.45, 2.75) is 18.6 Å². The van der Waals surface area contributed by atoms with E-state index in [2.05, 4.69) is 25.8 Å². The fourth-order valence-electron chi connectivity index (χ4n) is 3.85. The minimum absolute atomic E-state index is 0.0000186. The smallest absolute Gasteiger partial charge is 0.260 e. The van der Waals surface area contributed by atoms with Gasteiger partial charge in [-0.3, -0.25) is 14.5 Å². The van der Waals surface area contributed by atoms with Gasteiger partial charge in [-0.25, -0.2) is 9.07 Å². The predicted molar refractivity (Wildman–Crippen MR) is 124 cm³/mol. The molecule has 188 valence electrons. The van der Waals surface area contributed by atoms with Gasteiger partial charge >= 0.3 is 0 Å². The van der Waals surface area contributed by atoms with Gasteiger partial charge in [0.1, 0.15) is 17.3 Å². The number of carbonyl (C=O) groups excluding carboxylic acids is 2. The van der Waals surface area contributed by atoms with Crippen LogP contribution in [0.25, 0.3) is 16.7 Å². The van der Waals surface area contributed by atoms with Crippen LogP contribution < -0.4 is 16.0 Å². The van der Waals surface area contributed by atoms with Crippen LogP contribution in [0.15, 0.2) is 41.2 Å². The second-order valence-electron chi connectivity index (χ2n) is 8.27. The second-order valence-corrected chi connectivity index (χ2v) is 8.27. The zero-order valence-corrected chi connectivity index (χ0v) is 19.1. The molecule has 1 saturated heterocycles. The molecule has 1 aromatic carbocycles. The van der Waals surface area contributed by atoms with Gasteiger partial charge in [-0.15, -0.1) is 10.2 Å². The van der Waals surface area contributed by atoms with Gasteiger partial charge in [0.25, 0.3) is 11.8 Å². The molecule has 5 rings (SSSR count). The van der Waals surface area contributed by atoms with Gasteiger partial charge in [0.15, 0.2) is 34.6 Å². The Balaban J connectivity index is 1.35. The Labute approximate surface area is 207 Å². The minimum Gasteiger partial charge on any atom is -0.380 e. The number of fused-ring (bicyclic) bond motifs is 1. The quantitative estimate of drug-likeness (QED) is 0.340. The van der Waals surface area contributed by atoms with Crippen LogP contribution in [0, 0.1) is 17.1 Å². The second kappa shape index (κ2) is 8.93. The molecule has 1 unspecified atom stereocenters. The molecule has 0 bridgehead atoms. The fourth-order valence-corrected chi connectivity index (χ4v) is 3.85. The zero-order valence-electron chi connectivity index (χ0n) is 19.1. The van der Waals surface area contributed by atoms with Gasteiger partial charge in [-0.1, -0.05) is 5.16 Å². The van der Waals surface area contributed by atoms with Crippen molar-refractivity contribution < 1.29 is 28.3 Å². The molecule has 4 N–H and O–H groups in total. The van der Waals surface area contributed by atoms with E-state index >= 15 is 0 Å². The number of carbonyl (C=O) groups is 2. The standard InChI is InChI=1S/C22H18FN9O5/c1-22(35,21(34)27-11-7-14(23)17-15(8-11)37-30-19(17)25)18-20(33)31(4-5-36-18)16-2-3-32(29-16)13-6-12(9-24)28-26-10-13/h2-3,6-8,10,18,35H,4-5H2,1H3,(H2,25,30)(H,27,34)/t18-,22?/m0/s1. The Bertz CT molecular complexity index is 1570. The lowest BCUT2D eigenvalue weighted by molar-refractivity contribution is -0.165. The van der Waals surface area contributed by atoms with E-state index in [9.17, 15) is 19.1 Å². The van der Waals surface area contributed by atoms with Crippen molar-refractivity contribution >= 4 is 40.1 Å². The average Bonchev–Trinajstić information content (AvgIpc) is 3.51. The van der Waals surface area contributed by atoms with E-state index in [1.165, 1.54) is 27.9 Å². The average molecular weight is 507 g/mol. The van der Waals surface area contributed by atoms with Crippen LogP contribution in [0.2, 0.25) is 0 Å². The van der Waals surface area contributed by atoms with Crippen LogP contribution in [0.4, 0.5) is 21.7 Å². The predicted octanol–water partition coefficient (Wildman–Crippen LogP) is 0.518. The van der Waals surface area contributed by atoms with Gasteiger partial charge in [-0.2, -0.15) is 10.4 Å². The molecule has 2 atom stereocenters. The van der Waals surface area contributed by atoms with Crippen molar-refractivity contribution in [2.24, 2.45) is 0 Å². The molecule has 2 amide bonds. The normalized spacial score (nSPS) is 17.4. The summed E-state index contributed by atoms with van der Waals surface area (Å²) in [4.78, 5) is 27.5. The van der Waals surface area contributed by atoms with Crippen molar-refractivity contribution in [3.8, 4) is 11.8 Å². The highest BCUT2D eigenvalue weighted by Gasteiger charge is 2.49. The number of nitrogens with zero attached hydrogens (tertiary/aromatic N) is 7. The van der Waals surface area contributed by atoms with Crippen LogP contribution in [0.5, 0.6) is 0 Å². The molecule has 4 heterocycles. The summed E-state index contributed by atoms with van der Waals surface area (Å²) in [7, 11) is 0. The number of nitriles is 1. The van der Waals surface area contributed by atoms with Gasteiger partial charge in [0.05, 0.1) is 25.0 Å². The summed E-state index contributed by atoms with van der Waals surface area (Å²) in [6, 6.07) is 7.16. The lowest BCUT2D eigenvalue weighted by atomic mass is 9.95. The maximum atomic E-state index is 14.4. The van der Waals surface area contributed by atoms with Crippen LogP contribution >= 0.6 is 0 Å². The number of morpholine rings is 1. The molecule has 15 heteroatoms. The fraction of sp³-hybridized carbons (Fsp3) is 0.227. The highest BCUT2D eigenvalue weighted by atomic mass is 19.1. The monoisotopic (exact) mass is 507 g/mol. The molecule has 1 aliphatic rings. The van der Waals surface area contributed by atoms with Crippen molar-refractivity contribution in [3.05, 3.63) is 48.2 Å². The first kappa shape index (κ1) is 23.8. The Morgan fingerprint density at radius 2 is 2.22 bits per heavy atom. The molecule has 37 heavy (non-hydrogen) atoms. The third kappa shape index (κ3) is 4.20. The number of rotatable bonds is 5. The van der Waals surface area contributed by atoms with Crippen LogP contribution in [0.3, 0.4) is 0 Å². The molecule has 14 nitrogen and oxygen atoms in total. The van der Waals surface area contributed by atoms with Crippen LogP contribution in [-0.4, -0.2) is 66.9 Å². The van der Waals surface area contributed by atoms with Gasteiger partial charge < -0.3 is 25.4 Å². The van der Waals surface area contributed by atoms with Crippen LogP contribution in [0.1, 0.15) is 12.6 Å².